The van der Waals surface area contributed by atoms with Gasteiger partial charge in [-0.2, -0.15) is 0 Å². The average molecular weight is 172 g/mol. The quantitative estimate of drug-likeness (QED) is 0.598. The molecule has 0 atom stereocenters. The van der Waals surface area contributed by atoms with Crippen molar-refractivity contribution in [2.45, 2.75) is 33.1 Å². The molecule has 2 rings (SSSR count). The zero-order valence-corrected chi connectivity index (χ0v) is 8.90. The number of likely N-dealkylation sites (N-methyl/N-ethyl adjacent to an activating group) is 1. The van der Waals surface area contributed by atoms with Crippen LogP contribution in [0.15, 0.2) is 0 Å². The molecule has 0 unspecified atom stereocenters. The van der Waals surface area contributed by atoms with Crippen LogP contribution < -0.4 is 5.32 Å². The summed E-state index contributed by atoms with van der Waals surface area (Å²) in [5, 5.41) is 3.27. The van der Waals surface area contributed by atoms with Crippen LogP contribution in [-0.4, -0.2) is 38.1 Å². The van der Waals surface area contributed by atoms with Gasteiger partial charge in [-0.15, -0.1) is 0 Å². The molecule has 0 aromatic heterocycles. The molecule has 0 spiro atoms. The van der Waals surface area contributed by atoms with E-state index in [4.69, 9.17) is 0 Å². The van der Waals surface area contributed by atoms with E-state index in [0.29, 0.717) is 0 Å². The molecule has 0 amide bonds. The fraction of sp³-hybridized carbons (Fsp3) is 1.00. The number of rotatable bonds is 0. The SMILES string of the molecule is C1CC1.CC.CN1CCNCC1. The van der Waals surface area contributed by atoms with E-state index in [9.17, 15) is 0 Å². The van der Waals surface area contributed by atoms with Crippen molar-refractivity contribution in [1.82, 2.24) is 10.2 Å². The van der Waals surface area contributed by atoms with E-state index in [-0.39, 0.29) is 0 Å². The highest BCUT2D eigenvalue weighted by molar-refractivity contribution is 4.62. The molecule has 2 aliphatic rings. The predicted molar refractivity (Wildman–Crippen MR) is 55.6 cm³/mol. The van der Waals surface area contributed by atoms with Crippen molar-refractivity contribution in [1.29, 1.82) is 0 Å². The minimum atomic E-state index is 1.16. The van der Waals surface area contributed by atoms with Crippen molar-refractivity contribution in [2.75, 3.05) is 33.2 Å². The van der Waals surface area contributed by atoms with Crippen LogP contribution in [0.5, 0.6) is 0 Å². The molecule has 0 radical (unpaired) electrons. The van der Waals surface area contributed by atoms with Gasteiger partial charge in [-0.25, -0.2) is 0 Å². The average Bonchev–Trinajstić information content (AvgIpc) is 2.95. The Morgan fingerprint density at radius 3 is 1.50 bits per heavy atom. The van der Waals surface area contributed by atoms with Crippen LogP contribution in [0.1, 0.15) is 33.1 Å². The summed E-state index contributed by atoms with van der Waals surface area (Å²) in [5.41, 5.74) is 0. The molecular weight excluding hydrogens is 148 g/mol. The molecule has 2 nitrogen and oxygen atoms in total. The smallest absolute Gasteiger partial charge is 0.0104 e. The highest BCUT2D eigenvalue weighted by Gasteiger charge is 2.01. The minimum Gasteiger partial charge on any atom is -0.314 e. The van der Waals surface area contributed by atoms with Gasteiger partial charge in [0, 0.05) is 26.2 Å². The van der Waals surface area contributed by atoms with E-state index in [1.807, 2.05) is 13.8 Å². The van der Waals surface area contributed by atoms with Crippen molar-refractivity contribution >= 4 is 0 Å². The van der Waals surface area contributed by atoms with Crippen molar-refractivity contribution < 1.29 is 0 Å². The highest BCUT2D eigenvalue weighted by atomic mass is 15.2. The summed E-state index contributed by atoms with van der Waals surface area (Å²) in [6.45, 7) is 8.74. The third kappa shape index (κ3) is 9.92. The molecule has 1 N–H and O–H groups in total. The monoisotopic (exact) mass is 172 g/mol. The van der Waals surface area contributed by atoms with Gasteiger partial charge in [-0.1, -0.05) is 33.1 Å². The largest absolute Gasteiger partial charge is 0.314 e. The molecule has 0 aromatic carbocycles. The summed E-state index contributed by atoms with van der Waals surface area (Å²) in [4.78, 5) is 2.33. The molecule has 0 aromatic rings. The lowest BCUT2D eigenvalue weighted by molar-refractivity contribution is 0.291. The molecule has 2 fully saturated rings. The molecule has 12 heavy (non-hydrogen) atoms. The molecule has 74 valence electrons. The number of hydrogen-bond acceptors (Lipinski definition) is 2. The van der Waals surface area contributed by atoms with Crippen LogP contribution in [0.25, 0.3) is 0 Å². The lowest BCUT2D eigenvalue weighted by atomic mass is 10.4. The molecule has 1 saturated carbocycles. The van der Waals surface area contributed by atoms with Crippen molar-refractivity contribution in [3.63, 3.8) is 0 Å². The first-order valence-corrected chi connectivity index (χ1v) is 5.29. The molecule has 1 heterocycles. The van der Waals surface area contributed by atoms with E-state index >= 15 is 0 Å². The van der Waals surface area contributed by atoms with E-state index in [1.165, 1.54) is 32.4 Å². The molecule has 1 aliphatic heterocycles. The van der Waals surface area contributed by atoms with E-state index in [0.717, 1.165) is 13.1 Å². The fourth-order valence-corrected chi connectivity index (χ4v) is 0.777. The summed E-state index contributed by atoms with van der Waals surface area (Å²) >= 11 is 0. The van der Waals surface area contributed by atoms with E-state index < -0.39 is 0 Å². The predicted octanol–water partition coefficient (Wildman–Crippen LogP) is 1.72. The molecule has 2 heteroatoms. The summed E-state index contributed by atoms with van der Waals surface area (Å²) in [7, 11) is 2.15. The zero-order valence-electron chi connectivity index (χ0n) is 8.90. The van der Waals surface area contributed by atoms with Crippen LogP contribution in [0, 0.1) is 0 Å². The normalized spacial score (nSPS) is 21.2. The van der Waals surface area contributed by atoms with E-state index in [2.05, 4.69) is 17.3 Å². The lowest BCUT2D eigenvalue weighted by Gasteiger charge is -2.21. The summed E-state index contributed by atoms with van der Waals surface area (Å²) in [6, 6.07) is 0. The van der Waals surface area contributed by atoms with Gasteiger partial charge in [0.1, 0.15) is 0 Å². The third-order valence-electron chi connectivity index (χ3n) is 1.69. The second kappa shape index (κ2) is 9.01. The van der Waals surface area contributed by atoms with Gasteiger partial charge in [-0.3, -0.25) is 0 Å². The van der Waals surface area contributed by atoms with Gasteiger partial charge < -0.3 is 10.2 Å². The first-order valence-electron chi connectivity index (χ1n) is 5.29. The maximum Gasteiger partial charge on any atom is 0.0104 e. The highest BCUT2D eigenvalue weighted by Crippen LogP contribution is 2.14. The summed E-state index contributed by atoms with van der Waals surface area (Å²) in [5.74, 6) is 0. The van der Waals surface area contributed by atoms with Gasteiger partial charge >= 0.3 is 0 Å². The van der Waals surface area contributed by atoms with Crippen molar-refractivity contribution in [3.8, 4) is 0 Å². The van der Waals surface area contributed by atoms with Crippen LogP contribution in [0.4, 0.5) is 0 Å². The van der Waals surface area contributed by atoms with Crippen LogP contribution >= 0.6 is 0 Å². The number of hydrogen-bond donors (Lipinski definition) is 1. The molecular formula is C10H24N2. The van der Waals surface area contributed by atoms with Crippen LogP contribution in [0.3, 0.4) is 0 Å². The lowest BCUT2D eigenvalue weighted by Crippen LogP contribution is -2.40. The van der Waals surface area contributed by atoms with Gasteiger partial charge in [0.25, 0.3) is 0 Å². The number of piperazine rings is 1. The van der Waals surface area contributed by atoms with Gasteiger partial charge in [0.05, 0.1) is 0 Å². The Labute approximate surface area is 77.3 Å². The fourth-order valence-electron chi connectivity index (χ4n) is 0.777. The zero-order chi connectivity index (χ0) is 9.23. The Morgan fingerprint density at radius 2 is 1.33 bits per heavy atom. The molecule has 1 saturated heterocycles. The van der Waals surface area contributed by atoms with Crippen molar-refractivity contribution in [2.24, 2.45) is 0 Å². The maximum atomic E-state index is 3.27. The maximum absolute atomic E-state index is 3.27. The Bertz CT molecular complexity index is 73.2. The van der Waals surface area contributed by atoms with Gasteiger partial charge in [-0.05, 0) is 7.05 Å². The van der Waals surface area contributed by atoms with Crippen LogP contribution in [0.2, 0.25) is 0 Å². The Kier molecular flexibility index (Phi) is 8.95. The molecule has 1 aliphatic carbocycles. The topological polar surface area (TPSA) is 15.3 Å². The third-order valence-corrected chi connectivity index (χ3v) is 1.69. The number of nitrogens with zero attached hydrogens (tertiary/aromatic N) is 1. The minimum absolute atomic E-state index is 1.16. The van der Waals surface area contributed by atoms with Crippen LogP contribution in [-0.2, 0) is 0 Å². The molecule has 0 bridgehead atoms. The second-order valence-electron chi connectivity index (χ2n) is 3.11. The Morgan fingerprint density at radius 1 is 0.917 bits per heavy atom. The summed E-state index contributed by atoms with van der Waals surface area (Å²) in [6.07, 6.45) is 4.50. The Balaban J connectivity index is 0.000000202. The number of nitrogens with one attached hydrogen (secondary N) is 1. The van der Waals surface area contributed by atoms with E-state index in [1.54, 1.807) is 0 Å². The summed E-state index contributed by atoms with van der Waals surface area (Å²) < 4.78 is 0. The first kappa shape index (κ1) is 11.9. The van der Waals surface area contributed by atoms with Gasteiger partial charge in [0.15, 0.2) is 0 Å². The van der Waals surface area contributed by atoms with Gasteiger partial charge in [0.2, 0.25) is 0 Å². The Hall–Kier alpha value is -0.0800. The first-order chi connectivity index (χ1) is 5.89. The van der Waals surface area contributed by atoms with Crippen molar-refractivity contribution in [3.05, 3.63) is 0 Å². The standard InChI is InChI=1S/C5H12N2.C3H6.C2H6/c1-7-4-2-6-3-5-7;1-2-3-1;1-2/h6H,2-5H2,1H3;1-3H2;1-2H3. The second-order valence-corrected chi connectivity index (χ2v) is 3.11.